The number of ether oxygens (including phenoxy) is 1. The molecule has 1 unspecified atom stereocenters. The topological polar surface area (TPSA) is 92.6 Å². The minimum absolute atomic E-state index is 0.0657. The van der Waals surface area contributed by atoms with Crippen molar-refractivity contribution in [3.8, 4) is 5.75 Å². The molecule has 1 aromatic carbocycles. The fraction of sp³-hybridized carbons (Fsp3) is 0.444. The van der Waals surface area contributed by atoms with Gasteiger partial charge in [0.05, 0.1) is 0 Å². The molecule has 9 nitrogen and oxygen atoms in total. The second-order valence-electron chi connectivity index (χ2n) is 6.94. The first kappa shape index (κ1) is 21.4. The van der Waals surface area contributed by atoms with Gasteiger partial charge >= 0.3 is 12.4 Å². The van der Waals surface area contributed by atoms with Crippen LogP contribution in [0.3, 0.4) is 0 Å². The van der Waals surface area contributed by atoms with E-state index < -0.39 is 18.4 Å². The Morgan fingerprint density at radius 1 is 1.20 bits per heavy atom. The largest absolute Gasteiger partial charge is 0.573 e. The van der Waals surface area contributed by atoms with Gasteiger partial charge in [0.25, 0.3) is 5.91 Å². The Kier molecular flexibility index (Phi) is 5.85. The van der Waals surface area contributed by atoms with Gasteiger partial charge in [-0.1, -0.05) is 12.1 Å². The summed E-state index contributed by atoms with van der Waals surface area (Å²) in [5, 5.41) is 10.8. The lowest BCUT2D eigenvalue weighted by Gasteiger charge is -2.35. The molecule has 2 heterocycles. The molecule has 1 aliphatic rings. The highest BCUT2D eigenvalue weighted by atomic mass is 19.4. The molecule has 1 aliphatic heterocycles. The van der Waals surface area contributed by atoms with E-state index in [1.54, 1.807) is 25.6 Å². The summed E-state index contributed by atoms with van der Waals surface area (Å²) in [6.45, 7) is 2.56. The average molecular weight is 426 g/mol. The van der Waals surface area contributed by atoms with Gasteiger partial charge in [-0.2, -0.15) is 0 Å². The number of halogens is 3. The van der Waals surface area contributed by atoms with Gasteiger partial charge in [-0.15, -0.1) is 23.4 Å². The van der Waals surface area contributed by atoms with Crippen molar-refractivity contribution in [2.45, 2.75) is 32.4 Å². The number of nitrogens with one attached hydrogen (secondary N) is 1. The van der Waals surface area contributed by atoms with Crippen LogP contribution >= 0.6 is 0 Å². The number of carbonyl (C=O) groups excluding carboxylic acids is 2. The van der Waals surface area contributed by atoms with Crippen molar-refractivity contribution in [2.75, 3.05) is 20.6 Å². The number of alkyl halides is 3. The number of hydrogen-bond donors (Lipinski definition) is 1. The van der Waals surface area contributed by atoms with Crippen molar-refractivity contribution in [3.05, 3.63) is 41.5 Å². The summed E-state index contributed by atoms with van der Waals surface area (Å²) in [6, 6.07) is 3.76. The van der Waals surface area contributed by atoms with E-state index in [0.29, 0.717) is 23.8 Å². The van der Waals surface area contributed by atoms with Gasteiger partial charge in [-0.05, 0) is 24.6 Å². The van der Waals surface area contributed by atoms with E-state index in [2.05, 4.69) is 20.3 Å². The van der Waals surface area contributed by atoms with Crippen LogP contribution in [0.5, 0.6) is 5.75 Å². The van der Waals surface area contributed by atoms with Crippen molar-refractivity contribution in [2.24, 2.45) is 0 Å². The van der Waals surface area contributed by atoms with E-state index in [9.17, 15) is 22.8 Å². The van der Waals surface area contributed by atoms with E-state index in [1.807, 2.05) is 0 Å². The zero-order valence-electron chi connectivity index (χ0n) is 16.6. The molecule has 1 aromatic heterocycles. The van der Waals surface area contributed by atoms with Crippen LogP contribution < -0.4 is 10.1 Å². The van der Waals surface area contributed by atoms with Gasteiger partial charge in [0.1, 0.15) is 11.6 Å². The molecule has 3 amide bonds. The van der Waals surface area contributed by atoms with Crippen LogP contribution in [0.2, 0.25) is 0 Å². The second-order valence-corrected chi connectivity index (χ2v) is 6.94. The molecule has 3 rings (SSSR count). The minimum Gasteiger partial charge on any atom is -0.406 e. The van der Waals surface area contributed by atoms with Crippen molar-refractivity contribution in [1.82, 2.24) is 29.9 Å². The molecule has 12 heteroatoms. The first-order valence-electron chi connectivity index (χ1n) is 9.07. The summed E-state index contributed by atoms with van der Waals surface area (Å²) in [5.41, 5.74) is 0.574. The molecule has 0 radical (unpaired) electrons. The quantitative estimate of drug-likeness (QED) is 0.806. The highest BCUT2D eigenvalue weighted by molar-refractivity contribution is 5.87. The van der Waals surface area contributed by atoms with Crippen LogP contribution in [-0.4, -0.2) is 63.5 Å². The molecule has 1 N–H and O–H groups in total. The normalized spacial score (nSPS) is 16.1. The van der Waals surface area contributed by atoms with E-state index in [4.69, 9.17) is 0 Å². The number of aryl methyl sites for hydroxylation is 1. The predicted molar refractivity (Wildman–Crippen MR) is 98.3 cm³/mol. The van der Waals surface area contributed by atoms with Crippen molar-refractivity contribution in [3.63, 3.8) is 0 Å². The fourth-order valence-electron chi connectivity index (χ4n) is 3.15. The summed E-state index contributed by atoms with van der Waals surface area (Å²) in [4.78, 5) is 28.3. The van der Waals surface area contributed by atoms with Gasteiger partial charge in [-0.3, -0.25) is 4.79 Å². The summed E-state index contributed by atoms with van der Waals surface area (Å²) in [5.74, 6) is 0.385. The Labute approximate surface area is 170 Å². The van der Waals surface area contributed by atoms with E-state index in [1.165, 1.54) is 34.1 Å². The Morgan fingerprint density at radius 3 is 2.47 bits per heavy atom. The van der Waals surface area contributed by atoms with Gasteiger partial charge in [0, 0.05) is 33.7 Å². The minimum atomic E-state index is -4.77. The first-order chi connectivity index (χ1) is 14.1. The third-order valence-electron chi connectivity index (χ3n) is 4.62. The van der Waals surface area contributed by atoms with E-state index in [0.717, 1.165) is 0 Å². The van der Waals surface area contributed by atoms with Crippen LogP contribution in [0.25, 0.3) is 0 Å². The number of urea groups is 1. The molecule has 0 fully saturated rings. The standard InChI is InChI=1S/C18H21F3N6O3/c1-11-23-24-15-14(16(28)25(2)3)27(9-8-26(11)15)17(29)22-10-12-4-6-13(7-5-12)30-18(19,20)21/h4-7,14H,8-10H2,1-3H3,(H,22,29). The predicted octanol–water partition coefficient (Wildman–Crippen LogP) is 1.84. The lowest BCUT2D eigenvalue weighted by atomic mass is 10.1. The highest BCUT2D eigenvalue weighted by Gasteiger charge is 2.39. The van der Waals surface area contributed by atoms with Gasteiger partial charge < -0.3 is 24.4 Å². The van der Waals surface area contributed by atoms with Crippen LogP contribution in [0.1, 0.15) is 23.3 Å². The summed E-state index contributed by atoms with van der Waals surface area (Å²) in [6.07, 6.45) is -4.77. The Balaban J connectivity index is 1.70. The maximum absolute atomic E-state index is 12.8. The lowest BCUT2D eigenvalue weighted by Crippen LogP contribution is -2.51. The number of amides is 3. The van der Waals surface area contributed by atoms with Gasteiger partial charge in [-0.25, -0.2) is 4.79 Å². The van der Waals surface area contributed by atoms with Gasteiger partial charge in [0.2, 0.25) is 0 Å². The van der Waals surface area contributed by atoms with Crippen LogP contribution in [-0.2, 0) is 17.9 Å². The fourth-order valence-corrected chi connectivity index (χ4v) is 3.15. The third-order valence-corrected chi connectivity index (χ3v) is 4.62. The molecular weight excluding hydrogens is 405 g/mol. The van der Waals surface area contributed by atoms with Crippen molar-refractivity contribution >= 4 is 11.9 Å². The maximum Gasteiger partial charge on any atom is 0.573 e. The van der Waals surface area contributed by atoms with E-state index in [-0.39, 0.29) is 24.7 Å². The number of rotatable bonds is 4. The SMILES string of the molecule is Cc1nnc2n1CCN(C(=O)NCc1ccc(OC(F)(F)F)cc1)C2C(=O)N(C)C. The molecule has 0 spiro atoms. The number of aromatic nitrogens is 3. The summed E-state index contributed by atoms with van der Waals surface area (Å²) >= 11 is 0. The molecule has 0 aliphatic carbocycles. The Bertz CT molecular complexity index is 926. The van der Waals surface area contributed by atoms with Crippen LogP contribution in [0, 0.1) is 6.92 Å². The van der Waals surface area contributed by atoms with Crippen LogP contribution in [0.4, 0.5) is 18.0 Å². The summed E-state index contributed by atoms with van der Waals surface area (Å²) < 4.78 is 42.3. The number of fused-ring (bicyclic) bond motifs is 1. The second kappa shape index (κ2) is 8.20. The lowest BCUT2D eigenvalue weighted by molar-refractivity contribution is -0.274. The summed E-state index contributed by atoms with van der Waals surface area (Å²) in [7, 11) is 3.18. The number of nitrogens with zero attached hydrogens (tertiary/aromatic N) is 5. The number of benzene rings is 1. The Hall–Kier alpha value is -3.31. The molecular formula is C18H21F3N6O3. The molecule has 30 heavy (non-hydrogen) atoms. The molecule has 2 aromatic rings. The third kappa shape index (κ3) is 4.63. The Morgan fingerprint density at radius 2 is 1.87 bits per heavy atom. The average Bonchev–Trinajstić information content (AvgIpc) is 3.05. The van der Waals surface area contributed by atoms with Crippen molar-refractivity contribution < 1.29 is 27.5 Å². The van der Waals surface area contributed by atoms with Crippen molar-refractivity contribution in [1.29, 1.82) is 0 Å². The highest BCUT2D eigenvalue weighted by Crippen LogP contribution is 2.27. The van der Waals surface area contributed by atoms with E-state index >= 15 is 0 Å². The molecule has 0 saturated heterocycles. The zero-order valence-corrected chi connectivity index (χ0v) is 16.6. The van der Waals surface area contributed by atoms with Gasteiger partial charge in [0.15, 0.2) is 11.9 Å². The number of carbonyl (C=O) groups is 2. The number of likely N-dealkylation sites (N-methyl/N-ethyl adjacent to an activating group) is 1. The smallest absolute Gasteiger partial charge is 0.406 e. The molecule has 0 bridgehead atoms. The van der Waals surface area contributed by atoms with Crippen LogP contribution in [0.15, 0.2) is 24.3 Å². The maximum atomic E-state index is 12.8. The zero-order chi connectivity index (χ0) is 22.1. The monoisotopic (exact) mass is 426 g/mol. The molecule has 162 valence electrons. The molecule has 0 saturated carbocycles. The molecule has 1 atom stereocenters. The number of hydrogen-bond acceptors (Lipinski definition) is 5. The first-order valence-corrected chi connectivity index (χ1v) is 9.07.